The molecule has 0 aliphatic heterocycles. The molecule has 4 aromatic rings. The summed E-state index contributed by atoms with van der Waals surface area (Å²) in [4.78, 5) is 16.8. The fraction of sp³-hybridized carbons (Fsp3) is 0.333. The number of pyridine rings is 1. The fourth-order valence-electron chi connectivity index (χ4n) is 3.73. The van der Waals surface area contributed by atoms with Crippen molar-refractivity contribution in [3.05, 3.63) is 63.3 Å². The van der Waals surface area contributed by atoms with Crippen molar-refractivity contribution in [2.24, 2.45) is 0 Å². The standard InChI is InChI=1S/C24H26N2O4/c1-5-17(12-27)26-11-16-10-25-15(4)24-19(16)8-21(29-24)20-9-22(28)30-23-14(3)13(2)6-7-18(20)23/h6-10,17,26-27H,5,11-12H2,1-4H3/t17-/m1/s1. The van der Waals surface area contributed by atoms with Gasteiger partial charge < -0.3 is 19.3 Å². The molecule has 3 heterocycles. The molecule has 0 spiro atoms. The van der Waals surface area contributed by atoms with Crippen LogP contribution in [0, 0.1) is 20.8 Å². The second-order valence-corrected chi connectivity index (χ2v) is 7.75. The third-order valence-electron chi connectivity index (χ3n) is 5.81. The van der Waals surface area contributed by atoms with E-state index in [1.807, 2.05) is 52.1 Å². The van der Waals surface area contributed by atoms with Gasteiger partial charge in [-0.05, 0) is 49.9 Å². The van der Waals surface area contributed by atoms with Gasteiger partial charge in [0, 0.05) is 41.2 Å². The highest BCUT2D eigenvalue weighted by Gasteiger charge is 2.18. The van der Waals surface area contributed by atoms with Gasteiger partial charge in [0.2, 0.25) is 0 Å². The van der Waals surface area contributed by atoms with Gasteiger partial charge in [0.25, 0.3) is 0 Å². The molecule has 4 rings (SSSR count). The van der Waals surface area contributed by atoms with Crippen LogP contribution in [-0.2, 0) is 6.54 Å². The van der Waals surface area contributed by atoms with E-state index in [0.29, 0.717) is 29.0 Å². The van der Waals surface area contributed by atoms with Gasteiger partial charge in [-0.25, -0.2) is 4.79 Å². The summed E-state index contributed by atoms with van der Waals surface area (Å²) in [5, 5.41) is 14.6. The second-order valence-electron chi connectivity index (χ2n) is 7.75. The zero-order valence-electron chi connectivity index (χ0n) is 17.7. The Morgan fingerprint density at radius 3 is 2.63 bits per heavy atom. The van der Waals surface area contributed by atoms with Gasteiger partial charge in [0.05, 0.1) is 12.3 Å². The summed E-state index contributed by atoms with van der Waals surface area (Å²) in [5.74, 6) is 0.609. The Morgan fingerprint density at radius 1 is 1.10 bits per heavy atom. The van der Waals surface area contributed by atoms with Gasteiger partial charge in [-0.15, -0.1) is 0 Å². The Hall–Kier alpha value is -2.96. The minimum absolute atomic E-state index is 0.0293. The molecule has 30 heavy (non-hydrogen) atoms. The average Bonchev–Trinajstić information content (AvgIpc) is 3.19. The topological polar surface area (TPSA) is 88.5 Å². The third-order valence-corrected chi connectivity index (χ3v) is 5.81. The highest BCUT2D eigenvalue weighted by molar-refractivity contribution is 5.97. The summed E-state index contributed by atoms with van der Waals surface area (Å²) in [5.41, 5.74) is 5.37. The Kier molecular flexibility index (Phi) is 5.45. The van der Waals surface area contributed by atoms with E-state index in [2.05, 4.69) is 10.3 Å². The van der Waals surface area contributed by atoms with E-state index in [9.17, 15) is 9.90 Å². The monoisotopic (exact) mass is 406 g/mol. The lowest BCUT2D eigenvalue weighted by Gasteiger charge is -2.14. The van der Waals surface area contributed by atoms with Crippen LogP contribution in [0.3, 0.4) is 0 Å². The predicted molar refractivity (Wildman–Crippen MR) is 118 cm³/mol. The van der Waals surface area contributed by atoms with Gasteiger partial charge >= 0.3 is 5.63 Å². The van der Waals surface area contributed by atoms with Crippen molar-refractivity contribution in [3.63, 3.8) is 0 Å². The van der Waals surface area contributed by atoms with Crippen LogP contribution < -0.4 is 10.9 Å². The van der Waals surface area contributed by atoms with Gasteiger partial charge in [-0.2, -0.15) is 0 Å². The number of aliphatic hydroxyl groups is 1. The van der Waals surface area contributed by atoms with Gasteiger partial charge in [0.1, 0.15) is 11.3 Å². The summed E-state index contributed by atoms with van der Waals surface area (Å²) in [6.07, 6.45) is 2.67. The Bertz CT molecular complexity index is 1280. The number of aryl methyl sites for hydroxylation is 3. The number of fused-ring (bicyclic) bond motifs is 2. The quantitative estimate of drug-likeness (QED) is 0.462. The minimum atomic E-state index is -0.405. The lowest BCUT2D eigenvalue weighted by molar-refractivity contribution is 0.238. The summed E-state index contributed by atoms with van der Waals surface area (Å²) in [6, 6.07) is 7.45. The van der Waals surface area contributed by atoms with Crippen molar-refractivity contribution < 1.29 is 13.9 Å². The molecule has 1 atom stereocenters. The fourth-order valence-corrected chi connectivity index (χ4v) is 3.73. The number of nitrogens with zero attached hydrogens (tertiary/aromatic N) is 1. The smallest absolute Gasteiger partial charge is 0.336 e. The van der Waals surface area contributed by atoms with Crippen molar-refractivity contribution in [1.29, 1.82) is 0 Å². The molecule has 3 aromatic heterocycles. The van der Waals surface area contributed by atoms with Gasteiger partial charge in [-0.3, -0.25) is 4.98 Å². The largest absolute Gasteiger partial charge is 0.454 e. The summed E-state index contributed by atoms with van der Waals surface area (Å²) in [6.45, 7) is 8.53. The number of hydrogen-bond acceptors (Lipinski definition) is 6. The Balaban J connectivity index is 1.87. The number of nitrogens with one attached hydrogen (secondary N) is 1. The molecule has 0 unspecified atom stereocenters. The van der Waals surface area contributed by atoms with E-state index in [1.54, 1.807) is 0 Å². The van der Waals surface area contributed by atoms with Gasteiger partial charge in [-0.1, -0.05) is 19.1 Å². The predicted octanol–water partition coefficient (Wildman–Crippen LogP) is 4.39. The first kappa shape index (κ1) is 20.3. The van der Waals surface area contributed by atoms with Crippen LogP contribution in [0.2, 0.25) is 0 Å². The van der Waals surface area contributed by atoms with E-state index in [0.717, 1.165) is 39.6 Å². The Morgan fingerprint density at radius 2 is 1.90 bits per heavy atom. The van der Waals surface area contributed by atoms with Crippen molar-refractivity contribution in [3.8, 4) is 11.3 Å². The zero-order valence-corrected chi connectivity index (χ0v) is 17.7. The maximum atomic E-state index is 12.3. The summed E-state index contributed by atoms with van der Waals surface area (Å²) >= 11 is 0. The van der Waals surface area contributed by atoms with Crippen LogP contribution in [0.25, 0.3) is 33.3 Å². The lowest BCUT2D eigenvalue weighted by atomic mass is 10.0. The summed E-state index contributed by atoms with van der Waals surface area (Å²) < 4.78 is 11.7. The number of aliphatic hydroxyl groups excluding tert-OH is 1. The first-order chi connectivity index (χ1) is 14.4. The minimum Gasteiger partial charge on any atom is -0.454 e. The number of benzene rings is 1. The van der Waals surface area contributed by atoms with Crippen LogP contribution >= 0.6 is 0 Å². The van der Waals surface area contributed by atoms with Crippen LogP contribution in [-0.4, -0.2) is 22.7 Å². The van der Waals surface area contributed by atoms with E-state index in [4.69, 9.17) is 8.83 Å². The van der Waals surface area contributed by atoms with Crippen LogP contribution in [0.1, 0.15) is 35.7 Å². The van der Waals surface area contributed by atoms with Crippen molar-refractivity contribution in [2.45, 2.75) is 46.7 Å². The lowest BCUT2D eigenvalue weighted by Crippen LogP contribution is -2.31. The third kappa shape index (κ3) is 3.53. The number of hydrogen-bond donors (Lipinski definition) is 2. The van der Waals surface area contributed by atoms with Gasteiger partial charge in [0.15, 0.2) is 5.58 Å². The van der Waals surface area contributed by atoms with Crippen LogP contribution in [0.4, 0.5) is 0 Å². The molecule has 0 fully saturated rings. The first-order valence-electron chi connectivity index (χ1n) is 10.2. The molecule has 0 aliphatic rings. The molecule has 2 N–H and O–H groups in total. The second kappa shape index (κ2) is 8.05. The SMILES string of the molecule is CC[C@H](CO)NCc1cnc(C)c2oc(-c3cc(=O)oc4c(C)c(C)ccc34)cc12. The van der Waals surface area contributed by atoms with Crippen molar-refractivity contribution in [2.75, 3.05) is 6.61 Å². The van der Waals surface area contributed by atoms with E-state index < -0.39 is 5.63 Å². The maximum Gasteiger partial charge on any atom is 0.336 e. The molecule has 0 amide bonds. The first-order valence-corrected chi connectivity index (χ1v) is 10.2. The maximum absolute atomic E-state index is 12.3. The highest BCUT2D eigenvalue weighted by Crippen LogP contribution is 2.35. The zero-order chi connectivity index (χ0) is 21.4. The number of rotatable bonds is 6. The van der Waals surface area contributed by atoms with E-state index >= 15 is 0 Å². The molecule has 0 radical (unpaired) electrons. The molecule has 6 nitrogen and oxygen atoms in total. The molecule has 156 valence electrons. The Labute approximate surface area is 174 Å². The molecular formula is C24H26N2O4. The molecule has 0 bridgehead atoms. The highest BCUT2D eigenvalue weighted by atomic mass is 16.4. The van der Waals surface area contributed by atoms with Crippen LogP contribution in [0.5, 0.6) is 0 Å². The number of aromatic nitrogens is 1. The average molecular weight is 406 g/mol. The van der Waals surface area contributed by atoms with Crippen LogP contribution in [0.15, 0.2) is 44.1 Å². The van der Waals surface area contributed by atoms with Crippen molar-refractivity contribution in [1.82, 2.24) is 10.3 Å². The molecular weight excluding hydrogens is 380 g/mol. The van der Waals surface area contributed by atoms with Crippen molar-refractivity contribution >= 4 is 21.9 Å². The van der Waals surface area contributed by atoms with E-state index in [-0.39, 0.29) is 12.6 Å². The molecule has 0 aliphatic carbocycles. The molecule has 1 aromatic carbocycles. The normalized spacial score (nSPS) is 12.7. The molecule has 0 saturated heterocycles. The number of furan rings is 1. The molecule has 6 heteroatoms. The van der Waals surface area contributed by atoms with E-state index in [1.165, 1.54) is 6.07 Å². The summed E-state index contributed by atoms with van der Waals surface area (Å²) in [7, 11) is 0. The molecule has 0 saturated carbocycles.